The van der Waals surface area contributed by atoms with Gasteiger partial charge in [-0.05, 0) is 57.9 Å². The number of anilines is 2. The van der Waals surface area contributed by atoms with Crippen molar-refractivity contribution < 1.29 is 0 Å². The minimum atomic E-state index is 0.671. The molecule has 19 heavy (non-hydrogen) atoms. The van der Waals surface area contributed by atoms with Crippen LogP contribution in [0, 0.1) is 11.3 Å². The van der Waals surface area contributed by atoms with Gasteiger partial charge in [-0.25, -0.2) is 0 Å². The highest BCUT2D eigenvalue weighted by atomic mass is 79.9. The first-order chi connectivity index (χ1) is 9.10. The van der Waals surface area contributed by atoms with Crippen molar-refractivity contribution in [3.63, 3.8) is 0 Å². The lowest BCUT2D eigenvalue weighted by Gasteiger charge is -2.19. The second-order valence-corrected chi connectivity index (χ2v) is 5.22. The van der Waals surface area contributed by atoms with E-state index in [4.69, 9.17) is 11.0 Å². The standard InChI is InChI=1S/C15H14BrN3/c1-19(13-5-2-11(9-17)3-6-13)10-12-4-7-14(16)15(18)8-12/h2-8H,10,18H2,1H3. The van der Waals surface area contributed by atoms with Crippen molar-refractivity contribution in [3.05, 3.63) is 58.1 Å². The Morgan fingerprint density at radius 2 is 1.89 bits per heavy atom. The van der Waals surface area contributed by atoms with Crippen LogP contribution in [0.3, 0.4) is 0 Å². The van der Waals surface area contributed by atoms with E-state index in [1.807, 2.05) is 49.5 Å². The average Bonchev–Trinajstić information content (AvgIpc) is 2.43. The maximum absolute atomic E-state index is 8.78. The summed E-state index contributed by atoms with van der Waals surface area (Å²) in [7, 11) is 2.01. The van der Waals surface area contributed by atoms with Gasteiger partial charge in [-0.2, -0.15) is 5.26 Å². The fourth-order valence-corrected chi connectivity index (χ4v) is 2.09. The van der Waals surface area contributed by atoms with Crippen LogP contribution in [-0.4, -0.2) is 7.05 Å². The molecular weight excluding hydrogens is 302 g/mol. The molecule has 0 saturated heterocycles. The van der Waals surface area contributed by atoms with Crippen LogP contribution in [0.4, 0.5) is 11.4 Å². The molecule has 2 aromatic carbocycles. The largest absolute Gasteiger partial charge is 0.398 e. The van der Waals surface area contributed by atoms with E-state index < -0.39 is 0 Å². The molecule has 96 valence electrons. The van der Waals surface area contributed by atoms with Crippen molar-refractivity contribution >= 4 is 27.3 Å². The third kappa shape index (κ3) is 3.27. The summed E-state index contributed by atoms with van der Waals surface area (Å²) >= 11 is 3.39. The number of nitriles is 1. The van der Waals surface area contributed by atoms with E-state index in [-0.39, 0.29) is 0 Å². The zero-order chi connectivity index (χ0) is 13.8. The van der Waals surface area contributed by atoms with Crippen molar-refractivity contribution in [2.45, 2.75) is 6.54 Å². The van der Waals surface area contributed by atoms with Crippen molar-refractivity contribution in [2.24, 2.45) is 0 Å². The Labute approximate surface area is 121 Å². The summed E-state index contributed by atoms with van der Waals surface area (Å²) < 4.78 is 0.914. The molecule has 2 aromatic rings. The Morgan fingerprint density at radius 3 is 2.47 bits per heavy atom. The van der Waals surface area contributed by atoms with Crippen molar-refractivity contribution in [3.8, 4) is 6.07 Å². The van der Waals surface area contributed by atoms with Crippen molar-refractivity contribution in [2.75, 3.05) is 17.7 Å². The number of nitrogen functional groups attached to an aromatic ring is 1. The second-order valence-electron chi connectivity index (χ2n) is 4.37. The zero-order valence-corrected chi connectivity index (χ0v) is 12.2. The molecule has 2 rings (SSSR count). The number of hydrogen-bond acceptors (Lipinski definition) is 3. The first-order valence-corrected chi connectivity index (χ1v) is 6.64. The Morgan fingerprint density at radius 1 is 1.21 bits per heavy atom. The summed E-state index contributed by atoms with van der Waals surface area (Å²) in [6.07, 6.45) is 0. The van der Waals surface area contributed by atoms with Gasteiger partial charge in [0.05, 0.1) is 11.6 Å². The third-order valence-electron chi connectivity index (χ3n) is 2.92. The van der Waals surface area contributed by atoms with Gasteiger partial charge in [0.25, 0.3) is 0 Å². The van der Waals surface area contributed by atoms with Crippen molar-refractivity contribution in [1.82, 2.24) is 0 Å². The molecule has 0 radical (unpaired) electrons. The summed E-state index contributed by atoms with van der Waals surface area (Å²) in [5.74, 6) is 0. The highest BCUT2D eigenvalue weighted by molar-refractivity contribution is 9.10. The molecule has 0 heterocycles. The molecule has 0 spiro atoms. The molecule has 0 unspecified atom stereocenters. The summed E-state index contributed by atoms with van der Waals surface area (Å²) in [5.41, 5.74) is 9.50. The number of halogens is 1. The molecular formula is C15H14BrN3. The van der Waals surface area contributed by atoms with Crippen LogP contribution in [0.5, 0.6) is 0 Å². The summed E-state index contributed by atoms with van der Waals surface area (Å²) in [5, 5.41) is 8.78. The molecule has 0 bridgehead atoms. The molecule has 4 heteroatoms. The lowest BCUT2D eigenvalue weighted by molar-refractivity contribution is 0.923. The summed E-state index contributed by atoms with van der Waals surface area (Å²) in [4.78, 5) is 2.11. The number of benzene rings is 2. The molecule has 3 nitrogen and oxygen atoms in total. The van der Waals surface area contributed by atoms with Gasteiger partial charge in [-0.3, -0.25) is 0 Å². The molecule has 0 aliphatic carbocycles. The van der Waals surface area contributed by atoms with Crippen LogP contribution in [0.15, 0.2) is 46.9 Å². The molecule has 0 amide bonds. The maximum atomic E-state index is 8.78. The van der Waals surface area contributed by atoms with Gasteiger partial charge in [0, 0.05) is 29.4 Å². The van der Waals surface area contributed by atoms with E-state index in [2.05, 4.69) is 26.9 Å². The first kappa shape index (κ1) is 13.4. The SMILES string of the molecule is CN(Cc1ccc(Br)c(N)c1)c1ccc(C#N)cc1. The molecule has 0 saturated carbocycles. The van der Waals surface area contributed by atoms with E-state index in [0.717, 1.165) is 28.0 Å². The van der Waals surface area contributed by atoms with E-state index in [9.17, 15) is 0 Å². The number of nitrogens with two attached hydrogens (primary N) is 1. The van der Waals surface area contributed by atoms with E-state index in [1.165, 1.54) is 0 Å². The van der Waals surface area contributed by atoms with Crippen LogP contribution in [0.2, 0.25) is 0 Å². The Balaban J connectivity index is 2.13. The Bertz CT molecular complexity index is 614. The van der Waals surface area contributed by atoms with Gasteiger partial charge in [0.1, 0.15) is 0 Å². The lowest BCUT2D eigenvalue weighted by atomic mass is 10.1. The van der Waals surface area contributed by atoms with Crippen LogP contribution in [-0.2, 0) is 6.54 Å². The van der Waals surface area contributed by atoms with E-state index in [1.54, 1.807) is 0 Å². The molecule has 0 fully saturated rings. The molecule has 0 aliphatic rings. The molecule has 0 atom stereocenters. The van der Waals surface area contributed by atoms with Crippen molar-refractivity contribution in [1.29, 1.82) is 5.26 Å². The fraction of sp³-hybridized carbons (Fsp3) is 0.133. The smallest absolute Gasteiger partial charge is 0.0991 e. The van der Waals surface area contributed by atoms with Gasteiger partial charge in [-0.1, -0.05) is 6.07 Å². The van der Waals surface area contributed by atoms with Crippen LogP contribution >= 0.6 is 15.9 Å². The predicted octanol–water partition coefficient (Wildman–Crippen LogP) is 3.54. The van der Waals surface area contributed by atoms with E-state index >= 15 is 0 Å². The number of nitrogens with zero attached hydrogens (tertiary/aromatic N) is 2. The van der Waals surface area contributed by atoms with Gasteiger partial charge in [-0.15, -0.1) is 0 Å². The average molecular weight is 316 g/mol. The van der Waals surface area contributed by atoms with Gasteiger partial charge in [0.15, 0.2) is 0 Å². The molecule has 0 aromatic heterocycles. The Hall–Kier alpha value is -1.99. The fourth-order valence-electron chi connectivity index (χ4n) is 1.85. The van der Waals surface area contributed by atoms with Crippen LogP contribution in [0.25, 0.3) is 0 Å². The van der Waals surface area contributed by atoms with Crippen LogP contribution < -0.4 is 10.6 Å². The highest BCUT2D eigenvalue weighted by Crippen LogP contribution is 2.22. The lowest BCUT2D eigenvalue weighted by Crippen LogP contribution is -2.16. The quantitative estimate of drug-likeness (QED) is 0.881. The number of rotatable bonds is 3. The Kier molecular flexibility index (Phi) is 4.08. The van der Waals surface area contributed by atoms with Gasteiger partial charge >= 0.3 is 0 Å². The van der Waals surface area contributed by atoms with E-state index in [0.29, 0.717) is 5.56 Å². The molecule has 2 N–H and O–H groups in total. The second kappa shape index (κ2) is 5.77. The topological polar surface area (TPSA) is 53.0 Å². The monoisotopic (exact) mass is 315 g/mol. The first-order valence-electron chi connectivity index (χ1n) is 5.85. The minimum Gasteiger partial charge on any atom is -0.398 e. The number of hydrogen-bond donors (Lipinski definition) is 1. The molecule has 0 aliphatic heterocycles. The summed E-state index contributed by atoms with van der Waals surface area (Å²) in [6, 6.07) is 15.6. The third-order valence-corrected chi connectivity index (χ3v) is 3.64. The van der Waals surface area contributed by atoms with Gasteiger partial charge < -0.3 is 10.6 Å². The predicted molar refractivity (Wildman–Crippen MR) is 81.8 cm³/mol. The van der Waals surface area contributed by atoms with Crippen LogP contribution in [0.1, 0.15) is 11.1 Å². The highest BCUT2D eigenvalue weighted by Gasteiger charge is 2.04. The van der Waals surface area contributed by atoms with Gasteiger partial charge in [0.2, 0.25) is 0 Å². The normalized spacial score (nSPS) is 9.95. The zero-order valence-electron chi connectivity index (χ0n) is 10.6. The summed E-state index contributed by atoms with van der Waals surface area (Å²) in [6.45, 7) is 0.767. The maximum Gasteiger partial charge on any atom is 0.0991 e. The minimum absolute atomic E-state index is 0.671.